The summed E-state index contributed by atoms with van der Waals surface area (Å²) in [4.78, 5) is 17.9. The second-order valence-corrected chi connectivity index (χ2v) is 9.02. The quantitative estimate of drug-likeness (QED) is 0.530. The first-order valence-electron chi connectivity index (χ1n) is 10.6. The molecule has 1 N–H and O–H groups in total. The maximum atomic E-state index is 14.7. The fraction of sp³-hybridized carbons (Fsp3) is 0.391. The fourth-order valence-corrected chi connectivity index (χ4v) is 3.66. The van der Waals surface area contributed by atoms with Crippen molar-refractivity contribution >= 4 is 22.8 Å². The number of rotatable bonds is 3. The number of nitrogens with one attached hydrogen (secondary N) is 1. The van der Waals surface area contributed by atoms with E-state index < -0.39 is 35.6 Å². The van der Waals surface area contributed by atoms with Gasteiger partial charge in [0.2, 0.25) is 0 Å². The van der Waals surface area contributed by atoms with Crippen molar-refractivity contribution in [2.24, 2.45) is 0 Å². The van der Waals surface area contributed by atoms with E-state index in [0.717, 1.165) is 12.1 Å². The minimum absolute atomic E-state index is 0.0696. The van der Waals surface area contributed by atoms with Gasteiger partial charge in [0.15, 0.2) is 5.82 Å². The number of benzene rings is 1. The highest BCUT2D eigenvalue weighted by Crippen LogP contribution is 2.33. The number of carbonyl (C=O) groups is 1. The zero-order chi connectivity index (χ0) is 24.7. The second kappa shape index (κ2) is 8.69. The van der Waals surface area contributed by atoms with Crippen LogP contribution in [0.1, 0.15) is 26.3 Å². The van der Waals surface area contributed by atoms with Crippen LogP contribution in [-0.4, -0.2) is 57.1 Å². The SMILES string of the molecule is CC(C)(C)OC(=O)N1C[C@H](F)[C@H](Nc2nnc(-c3ccc(C(F)(F)F)cc3)c3ncccc23)C1. The molecule has 4 rings (SSSR count). The van der Waals surface area contributed by atoms with Gasteiger partial charge < -0.3 is 15.0 Å². The number of hydrogen-bond acceptors (Lipinski definition) is 6. The molecule has 1 aromatic carbocycles. The number of fused-ring (bicyclic) bond motifs is 1. The molecule has 1 aliphatic rings. The molecule has 2 atom stereocenters. The third kappa shape index (κ3) is 5.02. The number of ether oxygens (including phenoxy) is 1. The van der Waals surface area contributed by atoms with E-state index in [-0.39, 0.29) is 18.9 Å². The Balaban J connectivity index is 1.59. The predicted octanol–water partition coefficient (Wildman–Crippen LogP) is 5.08. The first kappa shape index (κ1) is 23.7. The van der Waals surface area contributed by atoms with Crippen LogP contribution in [0, 0.1) is 0 Å². The molecule has 34 heavy (non-hydrogen) atoms. The molecule has 0 aliphatic carbocycles. The van der Waals surface area contributed by atoms with Gasteiger partial charge >= 0.3 is 12.3 Å². The van der Waals surface area contributed by atoms with Crippen molar-refractivity contribution in [1.82, 2.24) is 20.1 Å². The first-order valence-corrected chi connectivity index (χ1v) is 10.6. The van der Waals surface area contributed by atoms with E-state index >= 15 is 0 Å². The van der Waals surface area contributed by atoms with Crippen molar-refractivity contribution in [3.63, 3.8) is 0 Å². The second-order valence-electron chi connectivity index (χ2n) is 9.02. The molecule has 0 saturated carbocycles. The molecule has 3 aromatic rings. The number of aromatic nitrogens is 3. The number of alkyl halides is 4. The Morgan fingerprint density at radius 2 is 1.79 bits per heavy atom. The van der Waals surface area contributed by atoms with Gasteiger partial charge in [-0.15, -0.1) is 10.2 Å². The molecule has 1 saturated heterocycles. The van der Waals surface area contributed by atoms with Gasteiger partial charge in [0.25, 0.3) is 0 Å². The van der Waals surface area contributed by atoms with Crippen LogP contribution in [0.15, 0.2) is 42.6 Å². The summed E-state index contributed by atoms with van der Waals surface area (Å²) < 4.78 is 58.7. The van der Waals surface area contributed by atoms with Gasteiger partial charge in [0.05, 0.1) is 18.2 Å². The highest BCUT2D eigenvalue weighted by atomic mass is 19.4. The van der Waals surface area contributed by atoms with Gasteiger partial charge in [0, 0.05) is 23.7 Å². The van der Waals surface area contributed by atoms with Gasteiger partial charge in [-0.3, -0.25) is 4.98 Å². The Morgan fingerprint density at radius 3 is 2.44 bits per heavy atom. The van der Waals surface area contributed by atoms with Crippen LogP contribution in [0.3, 0.4) is 0 Å². The maximum Gasteiger partial charge on any atom is 0.416 e. The van der Waals surface area contributed by atoms with E-state index in [1.54, 1.807) is 32.9 Å². The summed E-state index contributed by atoms with van der Waals surface area (Å²) in [5.74, 6) is 0.262. The zero-order valence-electron chi connectivity index (χ0n) is 18.7. The van der Waals surface area contributed by atoms with Crippen LogP contribution in [0.4, 0.5) is 28.2 Å². The molecule has 0 bridgehead atoms. The number of hydrogen-bond donors (Lipinski definition) is 1. The summed E-state index contributed by atoms with van der Waals surface area (Å²) in [6, 6.07) is 7.18. The molecule has 2 aromatic heterocycles. The number of carbonyl (C=O) groups excluding carboxylic acids is 1. The number of pyridine rings is 1. The summed E-state index contributed by atoms with van der Waals surface area (Å²) >= 11 is 0. The van der Waals surface area contributed by atoms with Crippen LogP contribution >= 0.6 is 0 Å². The van der Waals surface area contributed by atoms with E-state index in [1.807, 2.05) is 0 Å². The van der Waals surface area contributed by atoms with Gasteiger partial charge in [-0.25, -0.2) is 9.18 Å². The molecule has 11 heteroatoms. The number of halogens is 4. The Hall–Kier alpha value is -3.50. The van der Waals surface area contributed by atoms with E-state index in [1.165, 1.54) is 23.2 Å². The van der Waals surface area contributed by atoms with Crippen LogP contribution in [0.2, 0.25) is 0 Å². The number of nitrogens with zero attached hydrogens (tertiary/aromatic N) is 4. The highest BCUT2D eigenvalue weighted by molar-refractivity contribution is 5.97. The van der Waals surface area contributed by atoms with Crippen molar-refractivity contribution in [2.75, 3.05) is 18.4 Å². The van der Waals surface area contributed by atoms with Gasteiger partial charge in [-0.1, -0.05) is 12.1 Å². The lowest BCUT2D eigenvalue weighted by Crippen LogP contribution is -2.36. The summed E-state index contributed by atoms with van der Waals surface area (Å²) in [6.45, 7) is 5.14. The average Bonchev–Trinajstić information content (AvgIpc) is 3.13. The van der Waals surface area contributed by atoms with Crippen molar-refractivity contribution in [3.05, 3.63) is 48.2 Å². The summed E-state index contributed by atoms with van der Waals surface area (Å²) in [5.41, 5.74) is -0.359. The van der Waals surface area contributed by atoms with Crippen LogP contribution in [-0.2, 0) is 10.9 Å². The third-order valence-corrected chi connectivity index (χ3v) is 5.25. The Labute approximate surface area is 193 Å². The van der Waals surface area contributed by atoms with E-state index in [9.17, 15) is 22.4 Å². The fourth-order valence-electron chi connectivity index (χ4n) is 3.66. The Bertz CT molecular complexity index is 1190. The van der Waals surface area contributed by atoms with Crippen molar-refractivity contribution in [1.29, 1.82) is 0 Å². The molecule has 3 heterocycles. The predicted molar refractivity (Wildman–Crippen MR) is 118 cm³/mol. The molecule has 1 fully saturated rings. The molecule has 1 aliphatic heterocycles. The molecule has 0 unspecified atom stereocenters. The molecule has 1 amide bonds. The van der Waals surface area contributed by atoms with Crippen LogP contribution < -0.4 is 5.32 Å². The first-order chi connectivity index (χ1) is 15.9. The lowest BCUT2D eigenvalue weighted by molar-refractivity contribution is -0.137. The third-order valence-electron chi connectivity index (χ3n) is 5.25. The van der Waals surface area contributed by atoms with E-state index in [4.69, 9.17) is 4.74 Å². The summed E-state index contributed by atoms with van der Waals surface area (Å²) in [7, 11) is 0. The van der Waals surface area contributed by atoms with Crippen molar-refractivity contribution in [2.45, 2.75) is 44.8 Å². The zero-order valence-corrected chi connectivity index (χ0v) is 18.7. The van der Waals surface area contributed by atoms with Crippen LogP contribution in [0.5, 0.6) is 0 Å². The average molecular weight is 477 g/mol. The van der Waals surface area contributed by atoms with Gasteiger partial charge in [0.1, 0.15) is 23.0 Å². The lowest BCUT2D eigenvalue weighted by atomic mass is 10.1. The van der Waals surface area contributed by atoms with Gasteiger partial charge in [-0.2, -0.15) is 13.2 Å². The minimum atomic E-state index is -4.45. The maximum absolute atomic E-state index is 14.7. The molecule has 0 spiro atoms. The highest BCUT2D eigenvalue weighted by Gasteiger charge is 2.38. The molecule has 180 valence electrons. The standard InChI is InChI=1S/C23H23F4N5O2/c1-22(2,3)34-21(33)32-11-16(24)17(12-32)29-20-15-5-4-10-28-19(15)18(30-31-20)13-6-8-14(9-7-13)23(25,26)27/h4-10,16-17H,11-12H2,1-3H3,(H,29,31)/t16-,17+/m0/s1. The monoisotopic (exact) mass is 477 g/mol. The Kier molecular flexibility index (Phi) is 6.05. The normalized spacial score (nSPS) is 18.9. The topological polar surface area (TPSA) is 80.2 Å². The lowest BCUT2D eigenvalue weighted by Gasteiger charge is -2.24. The minimum Gasteiger partial charge on any atom is -0.444 e. The molecule has 7 nitrogen and oxygen atoms in total. The summed E-state index contributed by atoms with van der Waals surface area (Å²) in [6.07, 6.45) is -4.89. The largest absolute Gasteiger partial charge is 0.444 e. The number of anilines is 1. The van der Waals surface area contributed by atoms with Crippen molar-refractivity contribution < 1.29 is 27.1 Å². The smallest absolute Gasteiger partial charge is 0.416 e. The van der Waals surface area contributed by atoms with Crippen LogP contribution in [0.25, 0.3) is 22.2 Å². The number of likely N-dealkylation sites (tertiary alicyclic amines) is 1. The number of amides is 1. The summed E-state index contributed by atoms with van der Waals surface area (Å²) in [5, 5.41) is 11.8. The van der Waals surface area contributed by atoms with Crippen molar-refractivity contribution in [3.8, 4) is 11.3 Å². The van der Waals surface area contributed by atoms with E-state index in [0.29, 0.717) is 22.2 Å². The van der Waals surface area contributed by atoms with E-state index in [2.05, 4.69) is 20.5 Å². The molecule has 0 radical (unpaired) electrons. The van der Waals surface area contributed by atoms with Gasteiger partial charge in [-0.05, 0) is 45.0 Å². The molecular formula is C23H23F4N5O2. The molecular weight excluding hydrogens is 454 g/mol. The Morgan fingerprint density at radius 1 is 1.09 bits per heavy atom.